The molecule has 0 spiro atoms. The number of anilines is 1. The van der Waals surface area contributed by atoms with E-state index in [2.05, 4.69) is 21.9 Å². The molecule has 0 unspecified atom stereocenters. The van der Waals surface area contributed by atoms with Crippen molar-refractivity contribution in [2.45, 2.75) is 13.3 Å². The number of benzene rings is 2. The number of hydrogen-bond acceptors (Lipinski definition) is 7. The number of nitrogens with two attached hydrogens (primary N) is 2. The zero-order valence-corrected chi connectivity index (χ0v) is 22.9. The summed E-state index contributed by atoms with van der Waals surface area (Å²) in [6.45, 7) is 1.98. The Morgan fingerprint density at radius 1 is 0.976 bits per heavy atom. The number of aryl methyl sites for hydroxylation is 2. The van der Waals surface area contributed by atoms with E-state index in [1.807, 2.05) is 55.5 Å². The molecule has 208 valence electrons. The molecule has 1 amide bonds. The molecule has 0 radical (unpaired) electrons. The molecule has 6 rings (SSSR count). The van der Waals surface area contributed by atoms with Crippen LogP contribution in [-0.4, -0.2) is 34.6 Å². The van der Waals surface area contributed by atoms with E-state index >= 15 is 0 Å². The number of nitrogen functional groups attached to an aromatic ring is 1. The van der Waals surface area contributed by atoms with Crippen LogP contribution in [0.3, 0.4) is 0 Å². The Kier molecular flexibility index (Phi) is 7.61. The van der Waals surface area contributed by atoms with E-state index in [0.717, 1.165) is 5.69 Å². The minimum absolute atomic E-state index is 0.0947. The Labute approximate surface area is 239 Å². The van der Waals surface area contributed by atoms with Gasteiger partial charge in [-0.2, -0.15) is 0 Å². The van der Waals surface area contributed by atoms with Gasteiger partial charge in [-0.3, -0.25) is 19.0 Å². The van der Waals surface area contributed by atoms with Crippen LogP contribution in [0.1, 0.15) is 34.2 Å². The van der Waals surface area contributed by atoms with Gasteiger partial charge in [-0.25, -0.2) is 14.5 Å². The highest BCUT2D eigenvalue weighted by atomic mass is 16.1. The van der Waals surface area contributed by atoms with Crippen molar-refractivity contribution in [3.05, 3.63) is 129 Å². The van der Waals surface area contributed by atoms with Gasteiger partial charge in [0.05, 0.1) is 16.6 Å². The number of para-hydroxylation sites is 1. The van der Waals surface area contributed by atoms with E-state index < -0.39 is 5.91 Å². The molecule has 4 N–H and O–H groups in total. The first kappa shape index (κ1) is 27.5. The Morgan fingerprint density at radius 2 is 1.76 bits per heavy atom. The van der Waals surface area contributed by atoms with Crippen molar-refractivity contribution in [1.82, 2.24) is 28.7 Å². The highest BCUT2D eigenvalue weighted by molar-refractivity contribution is 6.03. The SMILES string of the molecule is CCc1nc2cccc(C#Cc3ccc(=O)n(C)c3)c2c(=O)n1-c1ccccc1.NC(=O)c1c(N)nn2cccnc12. The molecule has 0 saturated heterocycles. The molecule has 0 bridgehead atoms. The molecule has 11 nitrogen and oxygen atoms in total. The lowest BCUT2D eigenvalue weighted by molar-refractivity contribution is 0.100. The third-order valence-electron chi connectivity index (χ3n) is 6.39. The summed E-state index contributed by atoms with van der Waals surface area (Å²) in [4.78, 5) is 44.6. The van der Waals surface area contributed by atoms with Crippen molar-refractivity contribution in [2.75, 3.05) is 5.73 Å². The largest absolute Gasteiger partial charge is 0.381 e. The third-order valence-corrected chi connectivity index (χ3v) is 6.39. The van der Waals surface area contributed by atoms with Crippen molar-refractivity contribution < 1.29 is 4.79 Å². The molecular weight excluding hydrogens is 532 g/mol. The maximum Gasteiger partial charge on any atom is 0.267 e. The predicted octanol–water partition coefficient (Wildman–Crippen LogP) is 2.46. The maximum absolute atomic E-state index is 13.4. The van der Waals surface area contributed by atoms with E-state index in [-0.39, 0.29) is 22.5 Å². The number of primary amides is 1. The van der Waals surface area contributed by atoms with Gasteiger partial charge in [0.25, 0.3) is 11.5 Å². The fraction of sp³-hybridized carbons (Fsp3) is 0.0968. The summed E-state index contributed by atoms with van der Waals surface area (Å²) >= 11 is 0. The Balaban J connectivity index is 0.000000226. The molecule has 42 heavy (non-hydrogen) atoms. The topological polar surface area (TPSA) is 156 Å². The lowest BCUT2D eigenvalue weighted by Crippen LogP contribution is -2.24. The molecule has 4 aromatic heterocycles. The number of carbonyl (C=O) groups is 1. The molecule has 0 aliphatic rings. The highest BCUT2D eigenvalue weighted by Gasteiger charge is 2.16. The summed E-state index contributed by atoms with van der Waals surface area (Å²) in [5, 5.41) is 4.36. The summed E-state index contributed by atoms with van der Waals surface area (Å²) in [5.74, 6) is 6.33. The molecule has 6 aromatic rings. The van der Waals surface area contributed by atoms with Gasteiger partial charge in [0.2, 0.25) is 5.56 Å². The molecule has 0 aliphatic carbocycles. The van der Waals surface area contributed by atoms with Gasteiger partial charge in [0.15, 0.2) is 11.5 Å². The molecule has 0 saturated carbocycles. The number of aromatic nitrogens is 6. The smallest absolute Gasteiger partial charge is 0.267 e. The highest BCUT2D eigenvalue weighted by Crippen LogP contribution is 2.17. The van der Waals surface area contributed by atoms with Crippen molar-refractivity contribution in [2.24, 2.45) is 12.8 Å². The summed E-state index contributed by atoms with van der Waals surface area (Å²) in [5.41, 5.74) is 13.6. The van der Waals surface area contributed by atoms with E-state index in [0.29, 0.717) is 39.9 Å². The Bertz CT molecular complexity index is 2130. The Morgan fingerprint density at radius 3 is 2.48 bits per heavy atom. The first-order valence-electron chi connectivity index (χ1n) is 13.0. The van der Waals surface area contributed by atoms with Crippen LogP contribution in [-0.2, 0) is 13.5 Å². The van der Waals surface area contributed by atoms with Crippen molar-refractivity contribution >= 4 is 28.3 Å². The van der Waals surface area contributed by atoms with Crippen LogP contribution in [0.2, 0.25) is 0 Å². The minimum Gasteiger partial charge on any atom is -0.381 e. The standard InChI is InChI=1S/C24H19N3O2.C7H7N5O/c1-3-21-25-20-11-7-8-18(14-12-17-13-15-22(28)26(2)16-17)23(20)24(29)27(21)19-9-5-4-6-10-19;8-5-4(6(9)13)7-10-2-1-3-12(7)11-5/h4-11,13,15-16H,3H2,1-2H3;1-3H,(H2,8,11)(H2,9,13). The van der Waals surface area contributed by atoms with E-state index in [4.69, 9.17) is 16.5 Å². The number of amides is 1. The lowest BCUT2D eigenvalue weighted by Gasteiger charge is -2.13. The van der Waals surface area contributed by atoms with Crippen LogP contribution >= 0.6 is 0 Å². The first-order valence-corrected chi connectivity index (χ1v) is 13.0. The average molecular weight is 559 g/mol. The number of rotatable bonds is 3. The number of hydrogen-bond donors (Lipinski definition) is 2. The second kappa shape index (κ2) is 11.6. The van der Waals surface area contributed by atoms with Gasteiger partial charge < -0.3 is 16.0 Å². The lowest BCUT2D eigenvalue weighted by atomic mass is 10.1. The van der Waals surface area contributed by atoms with E-state index in [9.17, 15) is 14.4 Å². The molecule has 0 fully saturated rings. The van der Waals surface area contributed by atoms with Crippen molar-refractivity contribution in [3.8, 4) is 17.5 Å². The van der Waals surface area contributed by atoms with Gasteiger partial charge in [0.1, 0.15) is 11.4 Å². The van der Waals surface area contributed by atoms with Crippen LogP contribution in [0.5, 0.6) is 0 Å². The summed E-state index contributed by atoms with van der Waals surface area (Å²) in [7, 11) is 1.68. The van der Waals surface area contributed by atoms with Gasteiger partial charge in [-0.05, 0) is 36.4 Å². The average Bonchev–Trinajstić information content (AvgIpc) is 3.34. The van der Waals surface area contributed by atoms with Crippen molar-refractivity contribution in [1.29, 1.82) is 0 Å². The molecule has 2 aromatic carbocycles. The van der Waals surface area contributed by atoms with Gasteiger partial charge in [0, 0.05) is 49.3 Å². The van der Waals surface area contributed by atoms with Crippen LogP contribution in [0.4, 0.5) is 5.82 Å². The van der Waals surface area contributed by atoms with Crippen LogP contribution in [0.25, 0.3) is 22.2 Å². The molecule has 4 heterocycles. The second-order valence-corrected chi connectivity index (χ2v) is 9.19. The summed E-state index contributed by atoms with van der Waals surface area (Å²) in [6.07, 6.45) is 5.50. The van der Waals surface area contributed by atoms with E-state index in [1.54, 1.807) is 42.3 Å². The second-order valence-electron chi connectivity index (χ2n) is 9.19. The molecule has 0 aliphatic heterocycles. The van der Waals surface area contributed by atoms with Gasteiger partial charge in [-0.1, -0.05) is 43.0 Å². The van der Waals surface area contributed by atoms with Gasteiger partial charge in [-0.15, -0.1) is 5.10 Å². The van der Waals surface area contributed by atoms with Crippen LogP contribution in [0.15, 0.2) is 94.9 Å². The number of pyridine rings is 1. The first-order chi connectivity index (χ1) is 20.3. The summed E-state index contributed by atoms with van der Waals surface area (Å²) in [6, 6.07) is 19.9. The monoisotopic (exact) mass is 558 g/mol. The molecular formula is C31H26N8O3. The van der Waals surface area contributed by atoms with Crippen molar-refractivity contribution in [3.63, 3.8) is 0 Å². The fourth-order valence-electron chi connectivity index (χ4n) is 4.41. The number of carbonyl (C=O) groups excluding carboxylic acids is 1. The van der Waals surface area contributed by atoms with Crippen LogP contribution < -0.4 is 22.6 Å². The number of nitrogens with zero attached hydrogens (tertiary/aromatic N) is 6. The molecule has 0 atom stereocenters. The predicted molar refractivity (Wildman–Crippen MR) is 160 cm³/mol. The zero-order chi connectivity index (χ0) is 29.8. The Hall–Kier alpha value is -6.02. The molecule has 11 heteroatoms. The third kappa shape index (κ3) is 5.37. The summed E-state index contributed by atoms with van der Waals surface area (Å²) < 4.78 is 4.54. The fourth-order valence-corrected chi connectivity index (χ4v) is 4.41. The van der Waals surface area contributed by atoms with Gasteiger partial charge >= 0.3 is 0 Å². The maximum atomic E-state index is 13.4. The van der Waals surface area contributed by atoms with E-state index in [1.165, 1.54) is 15.1 Å². The number of fused-ring (bicyclic) bond motifs is 2. The minimum atomic E-state index is -0.619. The normalized spacial score (nSPS) is 10.5. The van der Waals surface area contributed by atoms with Crippen LogP contribution in [0, 0.1) is 11.8 Å². The quantitative estimate of drug-likeness (QED) is 0.316. The zero-order valence-electron chi connectivity index (χ0n) is 22.9.